The third-order valence-electron chi connectivity index (χ3n) is 3.39. The molecule has 100 valence electrons. The first kappa shape index (κ1) is 13.8. The Balaban J connectivity index is 2.27. The summed E-state index contributed by atoms with van der Waals surface area (Å²) in [5, 5.41) is 9.12. The molecule has 1 amide bonds. The van der Waals surface area contributed by atoms with Crippen LogP contribution in [0.5, 0.6) is 0 Å². The third kappa shape index (κ3) is 2.70. The van der Waals surface area contributed by atoms with E-state index in [1.165, 1.54) is 0 Å². The van der Waals surface area contributed by atoms with Crippen molar-refractivity contribution in [3.63, 3.8) is 0 Å². The summed E-state index contributed by atoms with van der Waals surface area (Å²) in [6.45, 7) is 1.88. The van der Waals surface area contributed by atoms with Gasteiger partial charge in [-0.05, 0) is 24.6 Å². The van der Waals surface area contributed by atoms with E-state index in [-0.39, 0.29) is 11.8 Å². The fourth-order valence-electron chi connectivity index (χ4n) is 2.15. The van der Waals surface area contributed by atoms with Gasteiger partial charge in [-0.25, -0.2) is 0 Å². The lowest BCUT2D eigenvalue weighted by molar-refractivity contribution is -0.119. The van der Waals surface area contributed by atoms with Crippen LogP contribution in [0.2, 0.25) is 0 Å². The average molecular weight is 264 g/mol. The molecule has 2 aromatic rings. The number of rotatable bonds is 3. The van der Waals surface area contributed by atoms with Crippen LogP contribution in [-0.4, -0.2) is 13.0 Å². The molecule has 0 saturated carbocycles. The number of amides is 1. The van der Waals surface area contributed by atoms with Crippen LogP contribution in [0.1, 0.15) is 24.0 Å². The van der Waals surface area contributed by atoms with Crippen LogP contribution in [0.4, 0.5) is 5.69 Å². The largest absolute Gasteiger partial charge is 0.314 e. The van der Waals surface area contributed by atoms with Crippen molar-refractivity contribution in [1.82, 2.24) is 0 Å². The lowest BCUT2D eigenvalue weighted by atomic mass is 9.99. The molecule has 0 saturated heterocycles. The number of nitriles is 1. The molecule has 0 bridgehead atoms. The highest BCUT2D eigenvalue weighted by molar-refractivity contribution is 5.98. The second-order valence-corrected chi connectivity index (χ2v) is 4.66. The number of hydrogen-bond donors (Lipinski definition) is 0. The van der Waals surface area contributed by atoms with Gasteiger partial charge in [0.15, 0.2) is 0 Å². The van der Waals surface area contributed by atoms with Crippen LogP contribution < -0.4 is 4.90 Å². The molecule has 0 aliphatic rings. The minimum Gasteiger partial charge on any atom is -0.314 e. The quantitative estimate of drug-likeness (QED) is 0.853. The SMILES string of the molecule is CC(C(=O)N(C)c1ccccc1C#N)c1ccccc1. The summed E-state index contributed by atoms with van der Waals surface area (Å²) in [6.07, 6.45) is 0. The highest BCUT2D eigenvalue weighted by Gasteiger charge is 2.21. The van der Waals surface area contributed by atoms with E-state index in [1.54, 1.807) is 30.1 Å². The van der Waals surface area contributed by atoms with Crippen LogP contribution in [0.25, 0.3) is 0 Å². The first-order valence-corrected chi connectivity index (χ1v) is 6.46. The van der Waals surface area contributed by atoms with Crippen LogP contribution in [-0.2, 0) is 4.79 Å². The van der Waals surface area contributed by atoms with Crippen molar-refractivity contribution in [3.8, 4) is 6.07 Å². The number of likely N-dealkylation sites (N-methyl/N-ethyl adjacent to an activating group) is 1. The summed E-state index contributed by atoms with van der Waals surface area (Å²) < 4.78 is 0. The Morgan fingerprint density at radius 1 is 1.10 bits per heavy atom. The maximum absolute atomic E-state index is 12.5. The summed E-state index contributed by atoms with van der Waals surface area (Å²) in [7, 11) is 1.71. The van der Waals surface area contributed by atoms with E-state index in [0.29, 0.717) is 11.3 Å². The fraction of sp³-hybridized carbons (Fsp3) is 0.176. The zero-order valence-electron chi connectivity index (χ0n) is 11.6. The molecule has 0 aliphatic heterocycles. The molecular formula is C17H16N2O. The Morgan fingerprint density at radius 2 is 1.70 bits per heavy atom. The molecule has 1 atom stereocenters. The molecule has 0 heterocycles. The van der Waals surface area contributed by atoms with Gasteiger partial charge in [0.2, 0.25) is 5.91 Å². The molecule has 0 aliphatic carbocycles. The van der Waals surface area contributed by atoms with Gasteiger partial charge in [-0.3, -0.25) is 4.79 Å². The number of benzene rings is 2. The molecule has 2 rings (SSSR count). The van der Waals surface area contributed by atoms with Crippen molar-refractivity contribution < 1.29 is 4.79 Å². The lowest BCUT2D eigenvalue weighted by Gasteiger charge is -2.22. The first-order chi connectivity index (χ1) is 9.65. The Kier molecular flexibility index (Phi) is 4.17. The third-order valence-corrected chi connectivity index (χ3v) is 3.39. The summed E-state index contributed by atoms with van der Waals surface area (Å²) in [6, 6.07) is 18.9. The fourth-order valence-corrected chi connectivity index (χ4v) is 2.15. The topological polar surface area (TPSA) is 44.1 Å². The van der Waals surface area contributed by atoms with Crippen molar-refractivity contribution in [2.75, 3.05) is 11.9 Å². The highest BCUT2D eigenvalue weighted by Crippen LogP contribution is 2.23. The molecule has 0 fully saturated rings. The van der Waals surface area contributed by atoms with Gasteiger partial charge in [0, 0.05) is 7.05 Å². The zero-order valence-corrected chi connectivity index (χ0v) is 11.6. The first-order valence-electron chi connectivity index (χ1n) is 6.46. The Morgan fingerprint density at radius 3 is 2.35 bits per heavy atom. The molecular weight excluding hydrogens is 248 g/mol. The Bertz CT molecular complexity index is 644. The lowest BCUT2D eigenvalue weighted by Crippen LogP contribution is -2.31. The van der Waals surface area contributed by atoms with E-state index >= 15 is 0 Å². The molecule has 0 spiro atoms. The summed E-state index contributed by atoms with van der Waals surface area (Å²) in [4.78, 5) is 14.1. The van der Waals surface area contributed by atoms with E-state index in [4.69, 9.17) is 5.26 Å². The maximum atomic E-state index is 12.5. The molecule has 0 aromatic heterocycles. The summed E-state index contributed by atoms with van der Waals surface area (Å²) in [5.41, 5.74) is 2.12. The second kappa shape index (κ2) is 6.03. The van der Waals surface area contributed by atoms with Gasteiger partial charge < -0.3 is 4.90 Å². The zero-order chi connectivity index (χ0) is 14.5. The van der Waals surface area contributed by atoms with Gasteiger partial charge in [-0.2, -0.15) is 5.26 Å². The number of nitrogens with zero attached hydrogens (tertiary/aromatic N) is 2. The normalized spacial score (nSPS) is 11.4. The second-order valence-electron chi connectivity index (χ2n) is 4.66. The Hall–Kier alpha value is -2.60. The number of para-hydroxylation sites is 1. The summed E-state index contributed by atoms with van der Waals surface area (Å²) in [5.74, 6) is -0.271. The van der Waals surface area contributed by atoms with Gasteiger partial charge in [0.05, 0.1) is 17.2 Å². The van der Waals surface area contributed by atoms with Crippen molar-refractivity contribution in [2.24, 2.45) is 0 Å². The van der Waals surface area contributed by atoms with Gasteiger partial charge >= 0.3 is 0 Å². The van der Waals surface area contributed by atoms with E-state index in [9.17, 15) is 4.79 Å². The average Bonchev–Trinajstić information content (AvgIpc) is 2.53. The van der Waals surface area contributed by atoms with E-state index in [0.717, 1.165) is 5.56 Å². The van der Waals surface area contributed by atoms with E-state index in [2.05, 4.69) is 6.07 Å². The van der Waals surface area contributed by atoms with Gasteiger partial charge in [0.25, 0.3) is 0 Å². The van der Waals surface area contributed by atoms with Crippen molar-refractivity contribution in [3.05, 3.63) is 65.7 Å². The number of anilines is 1. The van der Waals surface area contributed by atoms with Crippen LogP contribution in [0.3, 0.4) is 0 Å². The standard InChI is InChI=1S/C17H16N2O/c1-13(14-8-4-3-5-9-14)17(20)19(2)16-11-7-6-10-15(16)12-18/h3-11,13H,1-2H3. The van der Waals surface area contributed by atoms with Gasteiger partial charge in [0.1, 0.15) is 6.07 Å². The predicted molar refractivity (Wildman–Crippen MR) is 79.4 cm³/mol. The number of hydrogen-bond acceptors (Lipinski definition) is 2. The molecule has 3 nitrogen and oxygen atoms in total. The molecule has 20 heavy (non-hydrogen) atoms. The maximum Gasteiger partial charge on any atom is 0.234 e. The van der Waals surface area contributed by atoms with E-state index in [1.807, 2.05) is 43.3 Å². The minimum atomic E-state index is -0.243. The predicted octanol–water partition coefficient (Wildman–Crippen LogP) is 3.32. The smallest absolute Gasteiger partial charge is 0.234 e. The van der Waals surface area contributed by atoms with Crippen molar-refractivity contribution in [1.29, 1.82) is 5.26 Å². The molecule has 0 N–H and O–H groups in total. The van der Waals surface area contributed by atoms with Crippen molar-refractivity contribution in [2.45, 2.75) is 12.8 Å². The molecule has 0 radical (unpaired) electrons. The molecule has 1 unspecified atom stereocenters. The van der Waals surface area contributed by atoms with Crippen molar-refractivity contribution >= 4 is 11.6 Å². The van der Waals surface area contributed by atoms with Crippen LogP contribution in [0, 0.1) is 11.3 Å². The van der Waals surface area contributed by atoms with Crippen LogP contribution in [0.15, 0.2) is 54.6 Å². The highest BCUT2D eigenvalue weighted by atomic mass is 16.2. The van der Waals surface area contributed by atoms with Gasteiger partial charge in [-0.1, -0.05) is 42.5 Å². The van der Waals surface area contributed by atoms with E-state index < -0.39 is 0 Å². The summed E-state index contributed by atoms with van der Waals surface area (Å²) >= 11 is 0. The molecule has 3 heteroatoms. The Labute approximate surface area is 119 Å². The number of carbonyl (C=O) groups is 1. The molecule has 2 aromatic carbocycles. The van der Waals surface area contributed by atoms with Crippen LogP contribution >= 0.6 is 0 Å². The number of carbonyl (C=O) groups excluding carboxylic acids is 1. The van der Waals surface area contributed by atoms with Gasteiger partial charge in [-0.15, -0.1) is 0 Å². The minimum absolute atomic E-state index is 0.0288. The monoisotopic (exact) mass is 264 g/mol.